The number of rotatable bonds is 4. The molecule has 1 saturated carbocycles. The lowest BCUT2D eigenvalue weighted by atomic mass is 9.69. The zero-order chi connectivity index (χ0) is 10.9. The van der Waals surface area contributed by atoms with Gasteiger partial charge < -0.3 is 9.84 Å². The molecule has 4 nitrogen and oxygen atoms in total. The van der Waals surface area contributed by atoms with Gasteiger partial charge in [-0.1, -0.05) is 6.92 Å². The summed E-state index contributed by atoms with van der Waals surface area (Å²) in [4.78, 5) is 11.2. The van der Waals surface area contributed by atoms with Crippen LogP contribution in [0.2, 0.25) is 0 Å². The lowest BCUT2D eigenvalue weighted by Gasteiger charge is -2.44. The van der Waals surface area contributed by atoms with Crippen LogP contribution in [0.25, 0.3) is 0 Å². The molecule has 1 saturated heterocycles. The highest BCUT2D eigenvalue weighted by Crippen LogP contribution is 2.37. The van der Waals surface area contributed by atoms with Crippen LogP contribution in [-0.2, 0) is 9.53 Å². The van der Waals surface area contributed by atoms with Crippen LogP contribution in [0.5, 0.6) is 0 Å². The molecular formula is C11H19NO3. The average molecular weight is 213 g/mol. The molecule has 86 valence electrons. The highest BCUT2D eigenvalue weighted by atomic mass is 16.5. The van der Waals surface area contributed by atoms with E-state index in [0.29, 0.717) is 12.5 Å². The number of ether oxygens (including phenoxy) is 1. The van der Waals surface area contributed by atoms with Gasteiger partial charge in [0, 0.05) is 13.2 Å². The molecule has 1 heterocycles. The van der Waals surface area contributed by atoms with E-state index in [-0.39, 0.29) is 6.10 Å². The zero-order valence-electron chi connectivity index (χ0n) is 9.16. The quantitative estimate of drug-likeness (QED) is 0.731. The number of nitrogens with one attached hydrogen (secondary N) is 1. The first-order valence-electron chi connectivity index (χ1n) is 5.72. The predicted molar refractivity (Wildman–Crippen MR) is 55.7 cm³/mol. The summed E-state index contributed by atoms with van der Waals surface area (Å²) in [5, 5.41) is 12.4. The van der Waals surface area contributed by atoms with Gasteiger partial charge in [0.05, 0.1) is 6.10 Å². The second-order valence-electron chi connectivity index (χ2n) is 4.92. The molecule has 15 heavy (non-hydrogen) atoms. The summed E-state index contributed by atoms with van der Waals surface area (Å²) in [7, 11) is 0. The van der Waals surface area contributed by atoms with Gasteiger partial charge in [0.15, 0.2) is 0 Å². The highest BCUT2D eigenvalue weighted by Gasteiger charge is 2.48. The molecule has 4 heteroatoms. The second kappa shape index (κ2) is 4.10. The van der Waals surface area contributed by atoms with E-state index in [2.05, 4.69) is 12.2 Å². The van der Waals surface area contributed by atoms with Crippen molar-refractivity contribution in [1.29, 1.82) is 0 Å². The number of carbonyl (C=O) groups is 1. The second-order valence-corrected chi connectivity index (χ2v) is 4.92. The number of carboxylic acids is 1. The average Bonchev–Trinajstić information content (AvgIpc) is 2.62. The molecule has 0 bridgehead atoms. The minimum atomic E-state index is -0.710. The van der Waals surface area contributed by atoms with Crippen LogP contribution >= 0.6 is 0 Å². The van der Waals surface area contributed by atoms with Gasteiger partial charge in [0.2, 0.25) is 0 Å². The summed E-state index contributed by atoms with van der Waals surface area (Å²) >= 11 is 0. The van der Waals surface area contributed by atoms with E-state index in [4.69, 9.17) is 4.74 Å². The maximum Gasteiger partial charge on any atom is 0.323 e. The minimum absolute atomic E-state index is 0.220. The van der Waals surface area contributed by atoms with Crippen LogP contribution in [0.1, 0.15) is 32.6 Å². The Kier molecular flexibility index (Phi) is 2.98. The summed E-state index contributed by atoms with van der Waals surface area (Å²) in [6, 6.07) is 0. The Hall–Kier alpha value is -0.610. The lowest BCUT2D eigenvalue weighted by molar-refractivity contribution is -0.151. The van der Waals surface area contributed by atoms with E-state index in [0.717, 1.165) is 32.3 Å². The van der Waals surface area contributed by atoms with Gasteiger partial charge in [-0.3, -0.25) is 10.1 Å². The molecule has 0 aromatic carbocycles. The molecule has 1 aliphatic carbocycles. The summed E-state index contributed by atoms with van der Waals surface area (Å²) in [5.41, 5.74) is -0.661. The Morgan fingerprint density at radius 3 is 2.80 bits per heavy atom. The molecule has 0 radical (unpaired) electrons. The molecule has 1 aliphatic heterocycles. The Labute approximate surface area is 90.0 Å². The van der Waals surface area contributed by atoms with Crippen molar-refractivity contribution in [2.75, 3.05) is 13.2 Å². The molecule has 0 spiro atoms. The van der Waals surface area contributed by atoms with E-state index < -0.39 is 11.5 Å². The van der Waals surface area contributed by atoms with Crippen molar-refractivity contribution in [3.8, 4) is 0 Å². The molecule has 0 aromatic heterocycles. The number of aliphatic carboxylic acids is 1. The van der Waals surface area contributed by atoms with E-state index in [9.17, 15) is 9.90 Å². The van der Waals surface area contributed by atoms with Gasteiger partial charge in [0.25, 0.3) is 0 Å². The first-order chi connectivity index (χ1) is 7.12. The van der Waals surface area contributed by atoms with Crippen LogP contribution in [0.3, 0.4) is 0 Å². The third-order valence-corrected chi connectivity index (χ3v) is 3.50. The maximum atomic E-state index is 11.2. The van der Waals surface area contributed by atoms with Gasteiger partial charge in [-0.15, -0.1) is 0 Å². The largest absolute Gasteiger partial charge is 0.480 e. The molecular weight excluding hydrogens is 194 g/mol. The van der Waals surface area contributed by atoms with Crippen molar-refractivity contribution in [2.45, 2.75) is 44.2 Å². The van der Waals surface area contributed by atoms with E-state index in [1.165, 1.54) is 0 Å². The van der Waals surface area contributed by atoms with E-state index in [1.807, 2.05) is 0 Å². The van der Waals surface area contributed by atoms with Crippen LogP contribution in [-0.4, -0.2) is 35.9 Å². The maximum absolute atomic E-state index is 11.2. The van der Waals surface area contributed by atoms with Gasteiger partial charge in [-0.25, -0.2) is 0 Å². The van der Waals surface area contributed by atoms with Gasteiger partial charge in [0.1, 0.15) is 5.54 Å². The number of hydrogen-bond acceptors (Lipinski definition) is 3. The van der Waals surface area contributed by atoms with Crippen molar-refractivity contribution in [1.82, 2.24) is 5.32 Å². The topological polar surface area (TPSA) is 58.6 Å². The smallest absolute Gasteiger partial charge is 0.323 e. The molecule has 2 aliphatic rings. The summed E-state index contributed by atoms with van der Waals surface area (Å²) in [6.07, 6.45) is 3.86. The molecule has 0 amide bonds. The molecule has 1 atom stereocenters. The predicted octanol–water partition coefficient (Wildman–Crippen LogP) is 1.01. The molecule has 0 aromatic rings. The van der Waals surface area contributed by atoms with Crippen molar-refractivity contribution < 1.29 is 14.6 Å². The van der Waals surface area contributed by atoms with Crippen molar-refractivity contribution in [3.05, 3.63) is 0 Å². The summed E-state index contributed by atoms with van der Waals surface area (Å²) in [5.74, 6) is -0.184. The van der Waals surface area contributed by atoms with Crippen molar-refractivity contribution in [2.24, 2.45) is 5.92 Å². The van der Waals surface area contributed by atoms with Crippen molar-refractivity contribution >= 4 is 5.97 Å². The number of hydrogen-bond donors (Lipinski definition) is 2. The zero-order valence-corrected chi connectivity index (χ0v) is 9.16. The van der Waals surface area contributed by atoms with Crippen LogP contribution in [0.4, 0.5) is 0 Å². The minimum Gasteiger partial charge on any atom is -0.480 e. The van der Waals surface area contributed by atoms with E-state index >= 15 is 0 Å². The standard InChI is InChI=1S/C11H19NO3/c1-8-5-11(6-8,10(13)14)12-7-9-3-2-4-15-9/h8-9,12H,2-7H2,1H3,(H,13,14). The Bertz CT molecular complexity index is 242. The third-order valence-electron chi connectivity index (χ3n) is 3.50. The van der Waals surface area contributed by atoms with E-state index in [1.54, 1.807) is 0 Å². The molecule has 2 fully saturated rings. The monoisotopic (exact) mass is 213 g/mol. The van der Waals surface area contributed by atoms with Crippen LogP contribution < -0.4 is 5.32 Å². The molecule has 2 rings (SSSR count). The highest BCUT2D eigenvalue weighted by molar-refractivity contribution is 5.80. The van der Waals surface area contributed by atoms with Gasteiger partial charge in [-0.05, 0) is 31.6 Å². The lowest BCUT2D eigenvalue weighted by Crippen LogP contribution is -2.61. The van der Waals surface area contributed by atoms with Crippen LogP contribution in [0, 0.1) is 5.92 Å². The summed E-state index contributed by atoms with van der Waals surface area (Å²) in [6.45, 7) is 3.59. The third kappa shape index (κ3) is 2.16. The SMILES string of the molecule is CC1CC(NCC2CCCO2)(C(=O)O)C1. The fraction of sp³-hybridized carbons (Fsp3) is 0.909. The fourth-order valence-corrected chi connectivity index (χ4v) is 2.64. The van der Waals surface area contributed by atoms with Crippen molar-refractivity contribution in [3.63, 3.8) is 0 Å². The van der Waals surface area contributed by atoms with Crippen LogP contribution in [0.15, 0.2) is 0 Å². The first-order valence-corrected chi connectivity index (χ1v) is 5.72. The van der Waals surface area contributed by atoms with Gasteiger partial charge in [-0.2, -0.15) is 0 Å². The fourth-order valence-electron chi connectivity index (χ4n) is 2.64. The Morgan fingerprint density at radius 2 is 2.33 bits per heavy atom. The first kappa shape index (κ1) is 10.9. The molecule has 1 unspecified atom stereocenters. The number of carboxylic acid groups (broad SMARTS) is 1. The summed E-state index contributed by atoms with van der Waals surface area (Å²) < 4.78 is 5.47. The Morgan fingerprint density at radius 1 is 1.60 bits per heavy atom. The normalized spacial score (nSPS) is 40.1. The van der Waals surface area contributed by atoms with Gasteiger partial charge >= 0.3 is 5.97 Å². The molecule has 2 N–H and O–H groups in total. The Balaban J connectivity index is 1.82.